The molecule has 0 bridgehead atoms. The predicted octanol–water partition coefficient (Wildman–Crippen LogP) is 0.212. The van der Waals surface area contributed by atoms with Crippen molar-refractivity contribution < 1.29 is 21.2 Å². The van der Waals surface area contributed by atoms with Gasteiger partial charge < -0.3 is 5.32 Å². The molecule has 1 heterocycles. The number of hydrogen-bond acceptors (Lipinski definition) is 5. The van der Waals surface area contributed by atoms with Gasteiger partial charge in [-0.25, -0.2) is 21.2 Å². The van der Waals surface area contributed by atoms with Crippen molar-refractivity contribution >= 4 is 19.9 Å². The molecular weight excluding hydrogens is 319 g/mol. The number of nitrogens with one attached hydrogen (secondary N) is 1. The molecule has 9 heteroatoms. The first-order valence-corrected chi connectivity index (χ1v) is 9.66. The topological polar surface area (TPSA) is 83.6 Å². The molecule has 0 radical (unpaired) electrons. The molecule has 0 aromatic heterocycles. The fraction of sp³-hybridized carbons (Fsp3) is 0.500. The molecule has 1 aromatic rings. The molecule has 2 rings (SSSR count). The van der Waals surface area contributed by atoms with Crippen LogP contribution in [-0.4, -0.2) is 53.6 Å². The maximum absolute atomic E-state index is 13.9. The van der Waals surface area contributed by atoms with Crippen molar-refractivity contribution in [2.24, 2.45) is 0 Å². The number of hydrogen-bond donors (Lipinski definition) is 1. The Hall–Kier alpha value is -1.03. The lowest BCUT2D eigenvalue weighted by atomic mass is 10.3. The molecule has 0 aliphatic carbocycles. The van der Waals surface area contributed by atoms with Crippen molar-refractivity contribution in [2.75, 3.05) is 26.4 Å². The number of nitrogens with zero attached hydrogens (tertiary/aromatic N) is 1. The Balaban J connectivity index is 2.45. The predicted molar refractivity (Wildman–Crippen MR) is 75.7 cm³/mol. The van der Waals surface area contributed by atoms with E-state index in [9.17, 15) is 21.2 Å². The number of benzene rings is 1. The third-order valence-corrected chi connectivity index (χ3v) is 6.50. The Labute approximate surface area is 123 Å². The first-order chi connectivity index (χ1) is 9.66. The average Bonchev–Trinajstić information content (AvgIpc) is 2.87. The molecule has 1 fully saturated rings. The van der Waals surface area contributed by atoms with Gasteiger partial charge in [-0.2, -0.15) is 4.31 Å². The SMILES string of the molecule is CNC1CCN(S(=O)(=O)c2cc(S(C)(=O)=O)ccc2F)C1. The minimum atomic E-state index is -4.04. The van der Waals surface area contributed by atoms with Crippen LogP contribution in [0.2, 0.25) is 0 Å². The zero-order chi connectivity index (χ0) is 15.8. The van der Waals surface area contributed by atoms with Gasteiger partial charge in [-0.05, 0) is 31.7 Å². The van der Waals surface area contributed by atoms with Crippen LogP contribution >= 0.6 is 0 Å². The molecule has 1 atom stereocenters. The molecule has 21 heavy (non-hydrogen) atoms. The number of rotatable bonds is 4. The van der Waals surface area contributed by atoms with Gasteiger partial charge in [0.1, 0.15) is 10.7 Å². The fourth-order valence-electron chi connectivity index (χ4n) is 2.23. The molecular formula is C12H17FN2O4S2. The summed E-state index contributed by atoms with van der Waals surface area (Å²) in [4.78, 5) is -0.811. The summed E-state index contributed by atoms with van der Waals surface area (Å²) < 4.78 is 63.0. The number of sulfone groups is 1. The third kappa shape index (κ3) is 3.25. The summed E-state index contributed by atoms with van der Waals surface area (Å²) in [6, 6.07) is 2.83. The van der Waals surface area contributed by atoms with Crippen LogP contribution in [0, 0.1) is 5.82 Å². The number of sulfonamides is 1. The van der Waals surface area contributed by atoms with Crippen LogP contribution in [0.1, 0.15) is 6.42 Å². The highest BCUT2D eigenvalue weighted by atomic mass is 32.2. The van der Waals surface area contributed by atoms with Crippen LogP contribution in [0.15, 0.2) is 28.0 Å². The summed E-state index contributed by atoms with van der Waals surface area (Å²) in [5.74, 6) is -0.949. The van der Waals surface area contributed by atoms with Crippen LogP contribution in [0.4, 0.5) is 4.39 Å². The second kappa shape index (κ2) is 5.64. The van der Waals surface area contributed by atoms with Crippen molar-refractivity contribution in [1.29, 1.82) is 0 Å². The van der Waals surface area contributed by atoms with E-state index in [1.165, 1.54) is 4.31 Å². The van der Waals surface area contributed by atoms with Crippen molar-refractivity contribution in [3.05, 3.63) is 24.0 Å². The summed E-state index contributed by atoms with van der Waals surface area (Å²) in [5.41, 5.74) is 0. The molecule has 1 N–H and O–H groups in total. The lowest BCUT2D eigenvalue weighted by Crippen LogP contribution is -2.34. The molecule has 118 valence electrons. The lowest BCUT2D eigenvalue weighted by Gasteiger charge is -2.17. The quantitative estimate of drug-likeness (QED) is 0.795. The number of halogens is 1. The van der Waals surface area contributed by atoms with Gasteiger partial charge in [-0.15, -0.1) is 0 Å². The maximum Gasteiger partial charge on any atom is 0.246 e. The first kappa shape index (κ1) is 16.3. The van der Waals surface area contributed by atoms with E-state index in [1.54, 1.807) is 7.05 Å². The Morgan fingerprint density at radius 1 is 1.29 bits per heavy atom. The highest BCUT2D eigenvalue weighted by Gasteiger charge is 2.34. The minimum absolute atomic E-state index is 0.0147. The van der Waals surface area contributed by atoms with Gasteiger partial charge in [0.2, 0.25) is 10.0 Å². The zero-order valence-electron chi connectivity index (χ0n) is 11.7. The minimum Gasteiger partial charge on any atom is -0.316 e. The molecule has 1 aromatic carbocycles. The second-order valence-electron chi connectivity index (χ2n) is 5.00. The average molecular weight is 336 g/mol. The van der Waals surface area contributed by atoms with Crippen molar-refractivity contribution in [3.63, 3.8) is 0 Å². The van der Waals surface area contributed by atoms with E-state index in [4.69, 9.17) is 0 Å². The Bertz CT molecular complexity index is 747. The maximum atomic E-state index is 13.9. The van der Waals surface area contributed by atoms with E-state index < -0.39 is 30.6 Å². The molecule has 6 nitrogen and oxygen atoms in total. The van der Waals surface area contributed by atoms with E-state index in [2.05, 4.69) is 5.32 Å². The summed E-state index contributed by atoms with van der Waals surface area (Å²) >= 11 is 0. The van der Waals surface area contributed by atoms with E-state index >= 15 is 0 Å². The van der Waals surface area contributed by atoms with Gasteiger partial charge in [0.25, 0.3) is 0 Å². The Kier molecular flexibility index (Phi) is 4.39. The standard InChI is InChI=1S/C12H17FN2O4S2/c1-14-9-5-6-15(8-9)21(18,19)12-7-10(20(2,16)17)3-4-11(12)13/h3-4,7,9,14H,5-6,8H2,1-2H3. The highest BCUT2D eigenvalue weighted by Crippen LogP contribution is 2.25. The van der Waals surface area contributed by atoms with Gasteiger partial charge >= 0.3 is 0 Å². The molecule has 1 unspecified atom stereocenters. The summed E-state index contributed by atoms with van der Waals surface area (Å²) in [6.07, 6.45) is 1.58. The van der Waals surface area contributed by atoms with Crippen LogP contribution in [0.3, 0.4) is 0 Å². The zero-order valence-corrected chi connectivity index (χ0v) is 13.3. The second-order valence-corrected chi connectivity index (χ2v) is 8.92. The number of likely N-dealkylation sites (N-methyl/N-ethyl adjacent to an activating group) is 1. The normalized spacial score (nSPS) is 20.8. The van der Waals surface area contributed by atoms with Crippen molar-refractivity contribution in [1.82, 2.24) is 9.62 Å². The summed E-state index contributed by atoms with van der Waals surface area (Å²) in [5, 5.41) is 2.97. The largest absolute Gasteiger partial charge is 0.316 e. The van der Waals surface area contributed by atoms with Crippen LogP contribution in [0.25, 0.3) is 0 Å². The summed E-state index contributed by atoms with van der Waals surface area (Å²) in [7, 11) is -5.92. The van der Waals surface area contributed by atoms with Gasteiger partial charge in [-0.3, -0.25) is 0 Å². The molecule has 1 saturated heterocycles. The highest BCUT2D eigenvalue weighted by molar-refractivity contribution is 7.91. The Morgan fingerprint density at radius 2 is 1.95 bits per heavy atom. The van der Waals surface area contributed by atoms with E-state index in [1.807, 2.05) is 0 Å². The molecule has 0 saturated carbocycles. The van der Waals surface area contributed by atoms with Gasteiger partial charge in [0.05, 0.1) is 4.90 Å². The molecule has 0 spiro atoms. The fourth-order valence-corrected chi connectivity index (χ4v) is 4.55. The van der Waals surface area contributed by atoms with Crippen LogP contribution < -0.4 is 5.32 Å². The molecule has 0 amide bonds. The van der Waals surface area contributed by atoms with Gasteiger partial charge in [-0.1, -0.05) is 0 Å². The smallest absolute Gasteiger partial charge is 0.246 e. The Morgan fingerprint density at radius 3 is 2.48 bits per heavy atom. The van der Waals surface area contributed by atoms with Crippen molar-refractivity contribution in [2.45, 2.75) is 22.3 Å². The first-order valence-electron chi connectivity index (χ1n) is 6.33. The molecule has 1 aliphatic heterocycles. The van der Waals surface area contributed by atoms with E-state index in [0.29, 0.717) is 6.42 Å². The van der Waals surface area contributed by atoms with E-state index in [0.717, 1.165) is 24.5 Å². The van der Waals surface area contributed by atoms with Crippen LogP contribution in [-0.2, 0) is 19.9 Å². The van der Waals surface area contributed by atoms with Gasteiger partial charge in [0, 0.05) is 25.4 Å². The lowest BCUT2D eigenvalue weighted by molar-refractivity contribution is 0.458. The monoisotopic (exact) mass is 336 g/mol. The van der Waals surface area contributed by atoms with Gasteiger partial charge in [0.15, 0.2) is 9.84 Å². The van der Waals surface area contributed by atoms with Crippen molar-refractivity contribution in [3.8, 4) is 0 Å². The van der Waals surface area contributed by atoms with Crippen LogP contribution in [0.5, 0.6) is 0 Å². The summed E-state index contributed by atoms with van der Waals surface area (Å²) in [6.45, 7) is 0.512. The third-order valence-electron chi connectivity index (χ3n) is 3.51. The molecule has 1 aliphatic rings. The van der Waals surface area contributed by atoms with E-state index in [-0.39, 0.29) is 24.0 Å².